The molecule has 0 saturated carbocycles. The Morgan fingerprint density at radius 2 is 1.50 bits per heavy atom. The summed E-state index contributed by atoms with van der Waals surface area (Å²) in [7, 11) is 6.13. The monoisotopic (exact) mass is 361 g/mol. The van der Waals surface area contributed by atoms with Gasteiger partial charge in [-0.15, -0.1) is 0 Å². The lowest BCUT2D eigenvalue weighted by Crippen LogP contribution is -2.33. The second kappa shape index (κ2) is 5.89. The van der Waals surface area contributed by atoms with E-state index in [4.69, 9.17) is 7.85 Å². The van der Waals surface area contributed by atoms with Gasteiger partial charge in [-0.1, -0.05) is 66.1 Å². The maximum absolute atomic E-state index is 13.1. The molecule has 0 spiro atoms. The van der Waals surface area contributed by atoms with E-state index in [0.717, 1.165) is 0 Å². The molecule has 1 heterocycles. The summed E-state index contributed by atoms with van der Waals surface area (Å²) in [4.78, 5) is 30.2. The molecule has 28 heavy (non-hydrogen) atoms. The average molecular weight is 361 g/mol. The summed E-state index contributed by atoms with van der Waals surface area (Å²) in [6.45, 7) is 0. The number of aromatic nitrogens is 1. The summed E-state index contributed by atoms with van der Waals surface area (Å²) in [5.41, 5.74) is 0.438. The van der Waals surface area contributed by atoms with Crippen LogP contribution in [0.2, 0.25) is 0 Å². The lowest BCUT2D eigenvalue weighted by Gasteiger charge is -2.09. The highest BCUT2D eigenvalue weighted by atomic mass is 16.3. The normalized spacial score (nSPS) is 12.7. The molecule has 3 aromatic rings. The third-order valence-corrected chi connectivity index (χ3v) is 5.10. The average Bonchev–Trinajstić information content (AvgIpc) is 2.72. The molecule has 1 aliphatic heterocycles. The highest BCUT2D eigenvalue weighted by Gasteiger charge is 2.16. The van der Waals surface area contributed by atoms with Gasteiger partial charge in [-0.05, 0) is 11.5 Å². The van der Waals surface area contributed by atoms with Crippen LogP contribution in [0.5, 0.6) is 0 Å². The van der Waals surface area contributed by atoms with Crippen molar-refractivity contribution in [3.8, 4) is 0 Å². The number of aliphatic hydroxyl groups is 1. The van der Waals surface area contributed by atoms with Gasteiger partial charge in [0, 0.05) is 26.8 Å². The fraction of sp³-hybridized carbons (Fsp3) is 0. The minimum absolute atomic E-state index is 0.0745. The Labute approximate surface area is 159 Å². The number of benzene rings is 3. The molecular formula is C23H12BNO3. The minimum atomic E-state index is -0.552. The van der Waals surface area contributed by atoms with Crippen molar-refractivity contribution in [1.29, 1.82) is 0 Å². The fourth-order valence-corrected chi connectivity index (χ4v) is 3.86. The maximum atomic E-state index is 13.1. The molecule has 3 aromatic carbocycles. The smallest absolute Gasteiger partial charge is 0.281 e. The lowest BCUT2D eigenvalue weighted by molar-refractivity contribution is 0.506. The Morgan fingerprint density at radius 3 is 2.25 bits per heavy atom. The summed E-state index contributed by atoms with van der Waals surface area (Å²) in [5.74, 6) is -0.174. The summed E-state index contributed by atoms with van der Waals surface area (Å²) in [5, 5.41) is 13.4. The second-order valence-corrected chi connectivity index (χ2v) is 6.68. The molecule has 2 aliphatic rings. The van der Waals surface area contributed by atoms with Crippen molar-refractivity contribution in [3.63, 3.8) is 0 Å². The highest BCUT2D eigenvalue weighted by molar-refractivity contribution is 6.37. The van der Waals surface area contributed by atoms with Crippen LogP contribution in [-0.2, 0) is 0 Å². The van der Waals surface area contributed by atoms with Crippen molar-refractivity contribution < 1.29 is 5.11 Å². The van der Waals surface area contributed by atoms with Gasteiger partial charge in [0.25, 0.3) is 5.56 Å². The van der Waals surface area contributed by atoms with Crippen LogP contribution in [0, 0.1) is 10.4 Å². The van der Waals surface area contributed by atoms with Gasteiger partial charge in [0.2, 0.25) is 0 Å². The van der Waals surface area contributed by atoms with Crippen LogP contribution in [0.15, 0.2) is 76.3 Å². The van der Waals surface area contributed by atoms with Crippen LogP contribution in [0.4, 0.5) is 0 Å². The SMILES string of the molecule is [B]c1ccc2nc(=O)c(=C(O)c3ccccc3)c3c4ccccc4c(=O)c1c2=3. The number of aliphatic hydroxyl groups excluding tert-OH is 1. The Balaban J connectivity index is 2.28. The molecule has 5 heteroatoms. The molecule has 0 bridgehead atoms. The summed E-state index contributed by atoms with van der Waals surface area (Å²) in [6, 6.07) is 19.0. The molecule has 2 radical (unpaired) electrons. The molecule has 0 aromatic heterocycles. The quantitative estimate of drug-likeness (QED) is 0.460. The lowest BCUT2D eigenvalue weighted by atomic mass is 9.87. The third kappa shape index (κ3) is 2.16. The number of hydrogen-bond donors (Lipinski definition) is 1. The molecule has 0 saturated heterocycles. The summed E-state index contributed by atoms with van der Waals surface area (Å²) in [6.07, 6.45) is 0. The van der Waals surface area contributed by atoms with Crippen molar-refractivity contribution in [2.75, 3.05) is 0 Å². The minimum Gasteiger partial charge on any atom is -0.506 e. The number of fused-ring (bicyclic) bond motifs is 2. The number of hydrogen-bond acceptors (Lipinski definition) is 4. The molecule has 5 rings (SSSR count). The van der Waals surface area contributed by atoms with Crippen molar-refractivity contribution in [3.05, 3.63) is 109 Å². The van der Waals surface area contributed by atoms with Gasteiger partial charge in [0.05, 0.1) is 10.7 Å². The Morgan fingerprint density at radius 1 is 0.821 bits per heavy atom. The number of nitrogens with zero attached hydrogens (tertiary/aromatic N) is 1. The molecule has 0 fully saturated rings. The largest absolute Gasteiger partial charge is 0.506 e. The molecule has 0 atom stereocenters. The second-order valence-electron chi connectivity index (χ2n) is 6.68. The predicted octanol–water partition coefficient (Wildman–Crippen LogP) is 1.50. The van der Waals surface area contributed by atoms with E-state index in [1.807, 2.05) is 6.07 Å². The molecule has 0 unspecified atom stereocenters. The molecule has 0 amide bonds. The van der Waals surface area contributed by atoms with Crippen LogP contribution in [0.25, 0.3) is 27.4 Å². The Bertz CT molecular complexity index is 1610. The van der Waals surface area contributed by atoms with Crippen molar-refractivity contribution >= 4 is 40.7 Å². The van der Waals surface area contributed by atoms with Crippen LogP contribution < -0.4 is 21.7 Å². The van der Waals surface area contributed by atoms with Gasteiger partial charge >= 0.3 is 0 Å². The van der Waals surface area contributed by atoms with Gasteiger partial charge in [-0.2, -0.15) is 0 Å². The first kappa shape index (κ1) is 16.4. The van der Waals surface area contributed by atoms with Crippen LogP contribution in [-0.4, -0.2) is 17.9 Å². The van der Waals surface area contributed by atoms with E-state index in [1.165, 1.54) is 0 Å². The predicted molar refractivity (Wildman–Crippen MR) is 110 cm³/mol. The van der Waals surface area contributed by atoms with Crippen LogP contribution in [0.3, 0.4) is 0 Å². The first-order valence-corrected chi connectivity index (χ1v) is 8.77. The van der Waals surface area contributed by atoms with Gasteiger partial charge in [0.1, 0.15) is 13.6 Å². The summed E-state index contributed by atoms with van der Waals surface area (Å²) >= 11 is 0. The van der Waals surface area contributed by atoms with Crippen molar-refractivity contribution in [2.45, 2.75) is 0 Å². The van der Waals surface area contributed by atoms with E-state index < -0.39 is 5.56 Å². The van der Waals surface area contributed by atoms with Crippen molar-refractivity contribution in [1.82, 2.24) is 4.98 Å². The molecule has 1 N–H and O–H groups in total. The molecule has 130 valence electrons. The maximum Gasteiger partial charge on any atom is 0.281 e. The van der Waals surface area contributed by atoms with Crippen molar-refractivity contribution in [2.24, 2.45) is 0 Å². The van der Waals surface area contributed by atoms with Gasteiger partial charge in [-0.25, -0.2) is 4.98 Å². The van der Waals surface area contributed by atoms with E-state index in [2.05, 4.69) is 4.98 Å². The zero-order chi connectivity index (χ0) is 19.4. The third-order valence-electron chi connectivity index (χ3n) is 5.10. The Hall–Kier alpha value is -3.73. The van der Waals surface area contributed by atoms with E-state index in [9.17, 15) is 14.7 Å². The topological polar surface area (TPSA) is 67.3 Å². The number of rotatable bonds is 1. The van der Waals surface area contributed by atoms with E-state index in [1.54, 1.807) is 60.7 Å². The van der Waals surface area contributed by atoms with E-state index >= 15 is 0 Å². The van der Waals surface area contributed by atoms with Gasteiger partial charge < -0.3 is 5.11 Å². The van der Waals surface area contributed by atoms with Gasteiger partial charge in [-0.3, -0.25) is 9.59 Å². The van der Waals surface area contributed by atoms with Gasteiger partial charge in [0.15, 0.2) is 5.43 Å². The van der Waals surface area contributed by atoms with Crippen LogP contribution in [0.1, 0.15) is 5.56 Å². The van der Waals surface area contributed by atoms with E-state index in [-0.39, 0.29) is 16.4 Å². The first-order valence-electron chi connectivity index (χ1n) is 8.77. The molecule has 1 aliphatic carbocycles. The zero-order valence-corrected chi connectivity index (χ0v) is 14.6. The van der Waals surface area contributed by atoms with E-state index in [0.29, 0.717) is 43.1 Å². The fourth-order valence-electron chi connectivity index (χ4n) is 3.86. The highest BCUT2D eigenvalue weighted by Crippen LogP contribution is 2.17. The molecular weight excluding hydrogens is 349 g/mol. The standard InChI is InChI=1S/C23H12BNO3/c24-15-10-11-16-19-17(13-8-4-5-9-14(13)22(27)18(15)19)20(23(28)25-16)21(26)12-6-2-1-3-7-12/h1-11,26H. The zero-order valence-electron chi connectivity index (χ0n) is 14.6. The molecule has 4 nitrogen and oxygen atoms in total. The summed E-state index contributed by atoms with van der Waals surface area (Å²) < 4.78 is 0. The Kier molecular flexibility index (Phi) is 3.46. The van der Waals surface area contributed by atoms with Crippen LogP contribution >= 0.6 is 0 Å². The first-order chi connectivity index (χ1) is 13.6.